The number of hydrogen-bond acceptors (Lipinski definition) is 6. The summed E-state index contributed by atoms with van der Waals surface area (Å²) in [6.07, 6.45) is 0.222. The van der Waals surface area contributed by atoms with E-state index < -0.39 is 9.84 Å². The number of hydrogen-bond donors (Lipinski definition) is 1. The second-order valence-electron chi connectivity index (χ2n) is 5.78. The van der Waals surface area contributed by atoms with E-state index in [1.807, 2.05) is 0 Å². The van der Waals surface area contributed by atoms with E-state index in [-0.39, 0.29) is 35.2 Å². The molecule has 3 aromatic rings. The number of amides is 1. The summed E-state index contributed by atoms with van der Waals surface area (Å²) in [5.74, 6) is -0.270. The standard InChI is InChI=1S/C18H17FN2O4S2/c1-25-13-5-7-14(8-6-13)27(23,24)10-2-3-17(22)21-18-20-15-9-4-12(19)11-16(15)26-18/h4-9,11H,2-3,10H2,1H3,(H,20,21,22). The van der Waals surface area contributed by atoms with Gasteiger partial charge in [-0.2, -0.15) is 0 Å². The molecule has 0 unspecified atom stereocenters. The maximum atomic E-state index is 13.2. The smallest absolute Gasteiger partial charge is 0.226 e. The van der Waals surface area contributed by atoms with Crippen LogP contribution in [0, 0.1) is 5.82 Å². The molecule has 1 N–H and O–H groups in total. The molecular formula is C18H17FN2O4S2. The number of nitrogens with zero attached hydrogens (tertiary/aromatic N) is 1. The Morgan fingerprint density at radius 1 is 1.22 bits per heavy atom. The number of halogens is 1. The molecule has 0 atom stereocenters. The van der Waals surface area contributed by atoms with Crippen molar-refractivity contribution in [1.29, 1.82) is 0 Å². The molecule has 0 fully saturated rings. The van der Waals surface area contributed by atoms with Gasteiger partial charge in [-0.25, -0.2) is 17.8 Å². The minimum Gasteiger partial charge on any atom is -0.497 e. The van der Waals surface area contributed by atoms with Gasteiger partial charge in [0.2, 0.25) is 5.91 Å². The summed E-state index contributed by atoms with van der Waals surface area (Å²) in [6.45, 7) is 0. The Balaban J connectivity index is 1.54. The Hall–Kier alpha value is -2.52. The number of nitrogens with one attached hydrogen (secondary N) is 1. The molecule has 142 valence electrons. The highest BCUT2D eigenvalue weighted by Crippen LogP contribution is 2.26. The van der Waals surface area contributed by atoms with Gasteiger partial charge in [-0.3, -0.25) is 4.79 Å². The molecule has 0 saturated heterocycles. The minimum atomic E-state index is -3.47. The highest BCUT2D eigenvalue weighted by Gasteiger charge is 2.16. The van der Waals surface area contributed by atoms with Crippen LogP contribution in [0.2, 0.25) is 0 Å². The minimum absolute atomic E-state index is 0.0413. The summed E-state index contributed by atoms with van der Waals surface area (Å²) in [4.78, 5) is 16.4. The van der Waals surface area contributed by atoms with Crippen LogP contribution >= 0.6 is 11.3 Å². The lowest BCUT2D eigenvalue weighted by Gasteiger charge is -2.06. The number of carbonyl (C=O) groups excluding carboxylic acids is 1. The Morgan fingerprint density at radius 3 is 2.67 bits per heavy atom. The van der Waals surface area contributed by atoms with Crippen LogP contribution in [0.4, 0.5) is 9.52 Å². The number of methoxy groups -OCH3 is 1. The van der Waals surface area contributed by atoms with Gasteiger partial charge in [0.1, 0.15) is 11.6 Å². The molecule has 1 heterocycles. The summed E-state index contributed by atoms with van der Waals surface area (Å²) >= 11 is 1.17. The first-order chi connectivity index (χ1) is 12.9. The second kappa shape index (κ2) is 8.01. The highest BCUT2D eigenvalue weighted by atomic mass is 32.2. The SMILES string of the molecule is COc1ccc(S(=O)(=O)CCCC(=O)Nc2nc3ccc(F)cc3s2)cc1. The number of aromatic nitrogens is 1. The zero-order valence-corrected chi connectivity index (χ0v) is 16.1. The van der Waals surface area contributed by atoms with Crippen molar-refractivity contribution in [3.8, 4) is 5.75 Å². The molecule has 0 aliphatic rings. The van der Waals surface area contributed by atoms with E-state index in [0.717, 1.165) is 0 Å². The fourth-order valence-electron chi connectivity index (χ4n) is 2.46. The second-order valence-corrected chi connectivity index (χ2v) is 8.92. The van der Waals surface area contributed by atoms with Gasteiger partial charge >= 0.3 is 0 Å². The monoisotopic (exact) mass is 408 g/mol. The van der Waals surface area contributed by atoms with E-state index in [4.69, 9.17) is 4.74 Å². The van der Waals surface area contributed by atoms with Crippen molar-refractivity contribution in [2.45, 2.75) is 17.7 Å². The van der Waals surface area contributed by atoms with Gasteiger partial charge in [0.25, 0.3) is 0 Å². The van der Waals surface area contributed by atoms with Crippen LogP contribution in [0.3, 0.4) is 0 Å². The number of rotatable bonds is 7. The van der Waals surface area contributed by atoms with E-state index in [9.17, 15) is 17.6 Å². The Morgan fingerprint density at radius 2 is 1.96 bits per heavy atom. The van der Waals surface area contributed by atoms with Crippen molar-refractivity contribution in [1.82, 2.24) is 4.98 Å². The van der Waals surface area contributed by atoms with Crippen LogP contribution in [0.1, 0.15) is 12.8 Å². The predicted molar refractivity (Wildman–Crippen MR) is 102 cm³/mol. The molecule has 2 aromatic carbocycles. The molecule has 0 radical (unpaired) electrons. The van der Waals surface area contributed by atoms with Crippen LogP contribution in [-0.2, 0) is 14.6 Å². The zero-order chi connectivity index (χ0) is 19.4. The molecule has 3 rings (SSSR count). The molecule has 0 spiro atoms. The number of fused-ring (bicyclic) bond motifs is 1. The third-order valence-corrected chi connectivity index (χ3v) is 6.58. The number of anilines is 1. The van der Waals surface area contributed by atoms with Crippen molar-refractivity contribution in [2.24, 2.45) is 0 Å². The molecule has 1 amide bonds. The average molecular weight is 408 g/mol. The molecule has 1 aromatic heterocycles. The average Bonchev–Trinajstić information content (AvgIpc) is 3.02. The Bertz CT molecular complexity index is 1060. The van der Waals surface area contributed by atoms with Crippen molar-refractivity contribution in [3.63, 3.8) is 0 Å². The fraction of sp³-hybridized carbons (Fsp3) is 0.222. The number of benzene rings is 2. The van der Waals surface area contributed by atoms with E-state index >= 15 is 0 Å². The summed E-state index contributed by atoms with van der Waals surface area (Å²) in [5.41, 5.74) is 0.596. The van der Waals surface area contributed by atoms with E-state index in [0.29, 0.717) is 21.1 Å². The molecule has 0 saturated carbocycles. The van der Waals surface area contributed by atoms with Crippen LogP contribution in [-0.4, -0.2) is 32.2 Å². The molecule has 0 bridgehead atoms. The quantitative estimate of drug-likeness (QED) is 0.645. The third-order valence-electron chi connectivity index (χ3n) is 3.83. The summed E-state index contributed by atoms with van der Waals surface area (Å²) < 4.78 is 43.4. The maximum Gasteiger partial charge on any atom is 0.226 e. The van der Waals surface area contributed by atoms with Gasteiger partial charge < -0.3 is 10.1 Å². The highest BCUT2D eigenvalue weighted by molar-refractivity contribution is 7.91. The van der Waals surface area contributed by atoms with Gasteiger partial charge in [-0.1, -0.05) is 11.3 Å². The molecule has 0 aliphatic carbocycles. The van der Waals surface area contributed by atoms with Gasteiger partial charge in [0.05, 0.1) is 28.0 Å². The van der Waals surface area contributed by atoms with Gasteiger partial charge in [-0.15, -0.1) is 0 Å². The fourth-order valence-corrected chi connectivity index (χ4v) is 4.68. The lowest BCUT2D eigenvalue weighted by atomic mass is 10.3. The van der Waals surface area contributed by atoms with E-state index in [1.54, 1.807) is 12.1 Å². The number of sulfone groups is 1. The molecule has 9 heteroatoms. The third kappa shape index (κ3) is 4.81. The normalized spacial score (nSPS) is 11.5. The number of thiazole rings is 1. The van der Waals surface area contributed by atoms with Crippen LogP contribution in [0.15, 0.2) is 47.4 Å². The maximum absolute atomic E-state index is 13.2. The number of carbonyl (C=O) groups is 1. The predicted octanol–water partition coefficient (Wildman–Crippen LogP) is 3.64. The summed E-state index contributed by atoms with van der Waals surface area (Å²) in [5, 5.41) is 2.99. The van der Waals surface area contributed by atoms with Gasteiger partial charge in [0.15, 0.2) is 15.0 Å². The number of ether oxygens (including phenoxy) is 1. The summed E-state index contributed by atoms with van der Waals surface area (Å²) in [7, 11) is -1.97. The zero-order valence-electron chi connectivity index (χ0n) is 14.4. The van der Waals surface area contributed by atoms with Crippen molar-refractivity contribution < 1.29 is 22.3 Å². The first-order valence-corrected chi connectivity index (χ1v) is 10.6. The van der Waals surface area contributed by atoms with Gasteiger partial charge in [-0.05, 0) is 48.9 Å². The lowest BCUT2D eigenvalue weighted by Crippen LogP contribution is -2.14. The lowest BCUT2D eigenvalue weighted by molar-refractivity contribution is -0.116. The van der Waals surface area contributed by atoms with Crippen molar-refractivity contribution >= 4 is 42.4 Å². The topological polar surface area (TPSA) is 85.4 Å². The van der Waals surface area contributed by atoms with Crippen molar-refractivity contribution in [2.75, 3.05) is 18.2 Å². The van der Waals surface area contributed by atoms with Gasteiger partial charge in [0, 0.05) is 6.42 Å². The Labute approximate surface area is 159 Å². The molecule has 0 aliphatic heterocycles. The molecular weight excluding hydrogens is 391 g/mol. The summed E-state index contributed by atoms with van der Waals surface area (Å²) in [6, 6.07) is 10.3. The van der Waals surface area contributed by atoms with Crippen LogP contribution in [0.5, 0.6) is 5.75 Å². The van der Waals surface area contributed by atoms with E-state index in [1.165, 1.54) is 48.8 Å². The molecule has 6 nitrogen and oxygen atoms in total. The Kier molecular flexibility index (Phi) is 5.71. The largest absolute Gasteiger partial charge is 0.497 e. The first-order valence-electron chi connectivity index (χ1n) is 8.10. The van der Waals surface area contributed by atoms with Crippen LogP contribution < -0.4 is 10.1 Å². The molecule has 27 heavy (non-hydrogen) atoms. The first kappa shape index (κ1) is 19.2. The van der Waals surface area contributed by atoms with Crippen molar-refractivity contribution in [3.05, 3.63) is 48.3 Å². The van der Waals surface area contributed by atoms with E-state index in [2.05, 4.69) is 10.3 Å². The van der Waals surface area contributed by atoms with Crippen LogP contribution in [0.25, 0.3) is 10.2 Å².